The zero-order valence-electron chi connectivity index (χ0n) is 21.1. The average Bonchev–Trinajstić information content (AvgIpc) is 3.15. The number of ether oxygens (including phenoxy) is 6. The van der Waals surface area contributed by atoms with Gasteiger partial charge < -0.3 is 33.5 Å². The molecular weight excluding hydrogens is 506 g/mol. The van der Waals surface area contributed by atoms with E-state index in [0.717, 1.165) is 0 Å². The van der Waals surface area contributed by atoms with Crippen molar-refractivity contribution in [3.8, 4) is 0 Å². The van der Waals surface area contributed by atoms with Gasteiger partial charge in [-0.05, 0) is 12.1 Å². The summed E-state index contributed by atoms with van der Waals surface area (Å²) < 4.78 is 31.6. The Bertz CT molecular complexity index is 900. The highest BCUT2D eigenvalue weighted by molar-refractivity contribution is 6.32. The van der Waals surface area contributed by atoms with Crippen LogP contribution in [-0.2, 0) is 42.8 Å². The molecule has 0 saturated heterocycles. The molecule has 0 aliphatic carbocycles. The summed E-state index contributed by atoms with van der Waals surface area (Å²) in [4.78, 5) is 58.2. The maximum atomic E-state index is 12.2. The topological polar surface area (TPSA) is 164 Å². The predicted octanol–water partition coefficient (Wildman–Crippen LogP) is 0.343. The largest absolute Gasteiger partial charge is 0.476 e. The number of fused-ring (bicyclic) bond motifs is 1. The molecule has 1 aliphatic rings. The average molecular weight is 540 g/mol. The van der Waals surface area contributed by atoms with E-state index >= 15 is 0 Å². The molecule has 2 rings (SSSR count). The lowest BCUT2D eigenvalue weighted by Crippen LogP contribution is -2.33. The number of carboxylic acids is 1. The number of esters is 1. The van der Waals surface area contributed by atoms with Crippen molar-refractivity contribution in [3.05, 3.63) is 35.4 Å². The van der Waals surface area contributed by atoms with E-state index < -0.39 is 24.1 Å². The molecule has 0 radical (unpaired) electrons. The van der Waals surface area contributed by atoms with Crippen molar-refractivity contribution in [1.29, 1.82) is 0 Å². The maximum absolute atomic E-state index is 12.2. The minimum absolute atomic E-state index is 0.000825. The van der Waals surface area contributed by atoms with Crippen LogP contribution in [0.1, 0.15) is 33.6 Å². The molecule has 0 fully saturated rings. The van der Waals surface area contributed by atoms with Gasteiger partial charge in [0.1, 0.15) is 6.61 Å². The van der Waals surface area contributed by atoms with Crippen LogP contribution in [-0.4, -0.2) is 119 Å². The van der Waals surface area contributed by atoms with E-state index in [0.29, 0.717) is 64.0 Å². The summed E-state index contributed by atoms with van der Waals surface area (Å²) in [5.74, 6) is -3.87. The molecule has 1 N–H and O–H groups in total. The van der Waals surface area contributed by atoms with E-state index in [4.69, 9.17) is 33.5 Å². The Morgan fingerprint density at radius 1 is 0.632 bits per heavy atom. The summed E-state index contributed by atoms with van der Waals surface area (Å²) in [7, 11) is 0. The second kappa shape index (κ2) is 18.1. The Morgan fingerprint density at radius 2 is 1.05 bits per heavy atom. The fourth-order valence-corrected chi connectivity index (χ4v) is 3.19. The summed E-state index contributed by atoms with van der Waals surface area (Å²) in [5.41, 5.74) is 0.841. The van der Waals surface area contributed by atoms with Gasteiger partial charge in [0.2, 0.25) is 5.78 Å². The fraction of sp³-hybridized carbons (Fsp3) is 0.560. The number of imide groups is 1. The Hall–Kier alpha value is -3.23. The van der Waals surface area contributed by atoms with E-state index in [1.54, 1.807) is 24.3 Å². The molecule has 1 aromatic carbocycles. The predicted molar refractivity (Wildman–Crippen MR) is 129 cm³/mol. The van der Waals surface area contributed by atoms with Gasteiger partial charge in [0.05, 0.1) is 90.2 Å². The Balaban J connectivity index is 1.29. The van der Waals surface area contributed by atoms with Crippen molar-refractivity contribution in [2.75, 3.05) is 79.2 Å². The van der Waals surface area contributed by atoms with E-state index in [1.807, 2.05) is 0 Å². The number of hydrogen-bond donors (Lipinski definition) is 1. The quantitative estimate of drug-likeness (QED) is 0.0931. The van der Waals surface area contributed by atoms with Crippen molar-refractivity contribution in [3.63, 3.8) is 0 Å². The fourth-order valence-electron chi connectivity index (χ4n) is 3.19. The molecule has 0 unspecified atom stereocenters. The minimum atomic E-state index is -1.57. The monoisotopic (exact) mass is 539 g/mol. The van der Waals surface area contributed by atoms with Gasteiger partial charge in [0.25, 0.3) is 11.8 Å². The van der Waals surface area contributed by atoms with Crippen molar-refractivity contribution in [2.24, 2.45) is 0 Å². The number of carbonyl (C=O) groups is 5. The zero-order chi connectivity index (χ0) is 27.6. The SMILES string of the molecule is O=C(CCC(=O)C(=O)O)OCCOCCOCCOCCOCCOCCN1C(=O)c2ccccc2C1=O. The molecule has 0 aromatic heterocycles. The number of aliphatic carboxylic acids is 1. The first kappa shape index (κ1) is 31.0. The molecule has 13 nitrogen and oxygen atoms in total. The first-order chi connectivity index (χ1) is 18.4. The van der Waals surface area contributed by atoms with Crippen molar-refractivity contribution in [2.45, 2.75) is 12.8 Å². The molecule has 1 heterocycles. The van der Waals surface area contributed by atoms with Gasteiger partial charge in [0.15, 0.2) is 0 Å². The van der Waals surface area contributed by atoms with Gasteiger partial charge in [-0.25, -0.2) is 4.79 Å². The van der Waals surface area contributed by atoms with Gasteiger partial charge in [-0.2, -0.15) is 0 Å². The van der Waals surface area contributed by atoms with E-state index in [2.05, 4.69) is 0 Å². The van der Waals surface area contributed by atoms with Gasteiger partial charge >= 0.3 is 11.9 Å². The number of ketones is 1. The van der Waals surface area contributed by atoms with Crippen LogP contribution in [0.25, 0.3) is 0 Å². The second-order valence-electron chi connectivity index (χ2n) is 7.82. The Labute approximate surface area is 219 Å². The van der Waals surface area contributed by atoms with Crippen LogP contribution in [0.3, 0.4) is 0 Å². The molecule has 0 bridgehead atoms. The lowest BCUT2D eigenvalue weighted by Gasteiger charge is -2.13. The number of rotatable bonds is 22. The highest BCUT2D eigenvalue weighted by Gasteiger charge is 2.34. The summed E-state index contributed by atoms with van der Waals surface area (Å²) in [5, 5.41) is 8.42. The van der Waals surface area contributed by atoms with Crippen LogP contribution < -0.4 is 0 Å². The third-order valence-corrected chi connectivity index (χ3v) is 5.11. The normalized spacial score (nSPS) is 12.6. The van der Waals surface area contributed by atoms with Crippen LogP contribution in [0.5, 0.6) is 0 Å². The van der Waals surface area contributed by atoms with Gasteiger partial charge in [0, 0.05) is 6.42 Å². The standard InChI is InChI=1S/C25H33NO12/c27-21(25(31)32)5-6-22(28)38-18-17-37-16-15-36-14-13-35-12-11-34-10-9-33-8-7-26-23(29)19-3-1-2-4-20(19)24(26)30/h1-4H,5-18H2,(H,31,32). The molecule has 1 aliphatic heterocycles. The third-order valence-electron chi connectivity index (χ3n) is 5.11. The number of amides is 2. The molecule has 1 aromatic rings. The number of carboxylic acid groups (broad SMARTS) is 1. The zero-order valence-corrected chi connectivity index (χ0v) is 21.1. The van der Waals surface area contributed by atoms with Crippen molar-refractivity contribution >= 4 is 29.5 Å². The van der Waals surface area contributed by atoms with Crippen LogP contribution in [0, 0.1) is 0 Å². The molecular formula is C25H33NO12. The van der Waals surface area contributed by atoms with E-state index in [-0.39, 0.29) is 44.6 Å². The minimum Gasteiger partial charge on any atom is -0.476 e. The van der Waals surface area contributed by atoms with E-state index in [1.165, 1.54) is 4.90 Å². The molecule has 38 heavy (non-hydrogen) atoms. The third kappa shape index (κ3) is 11.4. The van der Waals surface area contributed by atoms with Gasteiger partial charge in [-0.15, -0.1) is 0 Å². The first-order valence-electron chi connectivity index (χ1n) is 12.2. The Kier molecular flexibility index (Phi) is 14.8. The molecule has 2 amide bonds. The highest BCUT2D eigenvalue weighted by atomic mass is 16.6. The first-order valence-corrected chi connectivity index (χ1v) is 12.2. The van der Waals surface area contributed by atoms with Crippen molar-refractivity contribution in [1.82, 2.24) is 4.90 Å². The Morgan fingerprint density at radius 3 is 1.50 bits per heavy atom. The van der Waals surface area contributed by atoms with Gasteiger partial charge in [-0.1, -0.05) is 12.1 Å². The smallest absolute Gasteiger partial charge is 0.372 e. The lowest BCUT2D eigenvalue weighted by atomic mass is 10.1. The van der Waals surface area contributed by atoms with Gasteiger partial charge in [-0.3, -0.25) is 24.1 Å². The molecule has 0 saturated carbocycles. The number of Topliss-reactive ketones (excluding diaryl/α,β-unsaturated/α-hetero) is 1. The number of benzene rings is 1. The van der Waals surface area contributed by atoms with Crippen LogP contribution in [0.4, 0.5) is 0 Å². The second-order valence-corrected chi connectivity index (χ2v) is 7.82. The molecule has 210 valence electrons. The van der Waals surface area contributed by atoms with Crippen molar-refractivity contribution < 1.29 is 57.5 Å². The molecule has 0 atom stereocenters. The molecule has 13 heteroatoms. The summed E-state index contributed by atoms with van der Waals surface area (Å²) in [6.07, 6.45) is -0.677. The molecule has 0 spiro atoms. The number of carbonyl (C=O) groups excluding carboxylic acids is 4. The van der Waals surface area contributed by atoms with Crippen LogP contribution in [0.2, 0.25) is 0 Å². The van der Waals surface area contributed by atoms with Crippen LogP contribution in [0.15, 0.2) is 24.3 Å². The summed E-state index contributed by atoms with van der Waals surface area (Å²) in [6.45, 7) is 3.41. The highest BCUT2D eigenvalue weighted by Crippen LogP contribution is 2.21. The van der Waals surface area contributed by atoms with E-state index in [9.17, 15) is 24.0 Å². The lowest BCUT2D eigenvalue weighted by molar-refractivity contribution is -0.151. The van der Waals surface area contributed by atoms with Crippen LogP contribution >= 0.6 is 0 Å². The summed E-state index contributed by atoms with van der Waals surface area (Å²) >= 11 is 0. The maximum Gasteiger partial charge on any atom is 0.372 e. The summed E-state index contributed by atoms with van der Waals surface area (Å²) in [6, 6.07) is 6.73. The number of hydrogen-bond acceptors (Lipinski definition) is 11. The number of nitrogens with zero attached hydrogens (tertiary/aromatic N) is 1.